The monoisotopic (exact) mass is 373 g/mol. The second-order valence-corrected chi connectivity index (χ2v) is 6.42. The summed E-state index contributed by atoms with van der Waals surface area (Å²) < 4.78 is 4.83. The van der Waals surface area contributed by atoms with Gasteiger partial charge in [-0.05, 0) is 56.6 Å². The molecule has 2 rings (SSSR count). The summed E-state index contributed by atoms with van der Waals surface area (Å²) in [6.45, 7) is 3.89. The van der Waals surface area contributed by atoms with Gasteiger partial charge in [0, 0.05) is 24.7 Å². The van der Waals surface area contributed by atoms with Gasteiger partial charge in [-0.15, -0.1) is 0 Å². The SMILES string of the molecule is CCOC(=O)/C=C/c1ccc(NC(=O)CN2CCC(C(=O)NC)CC2)cc1. The molecule has 1 heterocycles. The Morgan fingerprint density at radius 1 is 1.19 bits per heavy atom. The molecule has 2 amide bonds. The van der Waals surface area contributed by atoms with Crippen molar-refractivity contribution in [2.24, 2.45) is 5.92 Å². The average Bonchev–Trinajstić information content (AvgIpc) is 2.67. The lowest BCUT2D eigenvalue weighted by Gasteiger charge is -2.30. The van der Waals surface area contributed by atoms with Gasteiger partial charge in [0.05, 0.1) is 13.2 Å². The van der Waals surface area contributed by atoms with E-state index in [1.54, 1.807) is 32.2 Å². The highest BCUT2D eigenvalue weighted by Gasteiger charge is 2.25. The van der Waals surface area contributed by atoms with E-state index >= 15 is 0 Å². The fourth-order valence-corrected chi connectivity index (χ4v) is 2.99. The van der Waals surface area contributed by atoms with Crippen molar-refractivity contribution in [3.05, 3.63) is 35.9 Å². The largest absolute Gasteiger partial charge is 0.463 e. The number of piperidine rings is 1. The normalized spacial score (nSPS) is 15.5. The molecule has 0 saturated carbocycles. The number of likely N-dealkylation sites (tertiary alicyclic amines) is 1. The second kappa shape index (κ2) is 10.5. The minimum atomic E-state index is -0.380. The third-order valence-electron chi connectivity index (χ3n) is 4.46. The molecule has 1 aromatic rings. The molecule has 1 aliphatic rings. The topological polar surface area (TPSA) is 87.7 Å². The number of rotatable bonds is 7. The first-order valence-electron chi connectivity index (χ1n) is 9.20. The zero-order valence-corrected chi connectivity index (χ0v) is 15.9. The summed E-state index contributed by atoms with van der Waals surface area (Å²) in [6, 6.07) is 7.22. The van der Waals surface area contributed by atoms with Gasteiger partial charge in [0.15, 0.2) is 0 Å². The van der Waals surface area contributed by atoms with Crippen LogP contribution in [-0.2, 0) is 19.1 Å². The van der Waals surface area contributed by atoms with E-state index in [1.165, 1.54) is 6.08 Å². The number of carbonyl (C=O) groups is 3. The number of hydrogen-bond acceptors (Lipinski definition) is 5. The standard InChI is InChI=1S/C20H27N3O4/c1-3-27-19(25)9-6-15-4-7-17(8-5-15)22-18(24)14-23-12-10-16(11-13-23)20(26)21-2/h4-9,16H,3,10-14H2,1-2H3,(H,21,26)(H,22,24)/b9-6+. The Bertz CT molecular complexity index is 677. The summed E-state index contributed by atoms with van der Waals surface area (Å²) in [5.41, 5.74) is 1.55. The Hall–Kier alpha value is -2.67. The molecule has 0 atom stereocenters. The molecule has 7 nitrogen and oxygen atoms in total. The van der Waals surface area contributed by atoms with Crippen LogP contribution in [0.3, 0.4) is 0 Å². The van der Waals surface area contributed by atoms with Crippen molar-refractivity contribution in [3.63, 3.8) is 0 Å². The lowest BCUT2D eigenvalue weighted by atomic mass is 9.96. The molecule has 0 bridgehead atoms. The summed E-state index contributed by atoms with van der Waals surface area (Å²) in [6.07, 6.45) is 4.59. The molecular weight excluding hydrogens is 346 g/mol. The molecule has 1 fully saturated rings. The highest BCUT2D eigenvalue weighted by molar-refractivity contribution is 5.92. The molecule has 1 aliphatic heterocycles. The van der Waals surface area contributed by atoms with E-state index in [1.807, 2.05) is 12.1 Å². The first-order chi connectivity index (χ1) is 13.0. The van der Waals surface area contributed by atoms with Crippen molar-refractivity contribution in [2.75, 3.05) is 38.6 Å². The number of benzene rings is 1. The Kier molecular flexibility index (Phi) is 8.00. The Balaban J connectivity index is 1.77. The maximum atomic E-state index is 12.2. The van der Waals surface area contributed by atoms with Crippen LogP contribution in [0.4, 0.5) is 5.69 Å². The van der Waals surface area contributed by atoms with Gasteiger partial charge in [0.2, 0.25) is 11.8 Å². The minimum Gasteiger partial charge on any atom is -0.463 e. The van der Waals surface area contributed by atoms with Crippen molar-refractivity contribution in [3.8, 4) is 0 Å². The zero-order chi connectivity index (χ0) is 19.6. The number of amides is 2. The molecular formula is C20H27N3O4. The van der Waals surface area contributed by atoms with E-state index in [-0.39, 0.29) is 23.7 Å². The fraction of sp³-hybridized carbons (Fsp3) is 0.450. The summed E-state index contributed by atoms with van der Waals surface area (Å²) in [5.74, 6) is -0.334. The van der Waals surface area contributed by atoms with E-state index in [2.05, 4.69) is 15.5 Å². The Labute approximate surface area is 159 Å². The van der Waals surface area contributed by atoms with Gasteiger partial charge in [0.25, 0.3) is 0 Å². The highest BCUT2D eigenvalue weighted by atomic mass is 16.5. The van der Waals surface area contributed by atoms with Crippen LogP contribution in [0, 0.1) is 5.92 Å². The van der Waals surface area contributed by atoms with Crippen molar-refractivity contribution in [1.29, 1.82) is 0 Å². The number of nitrogens with zero attached hydrogens (tertiary/aromatic N) is 1. The highest BCUT2D eigenvalue weighted by Crippen LogP contribution is 2.17. The molecule has 1 aromatic carbocycles. The number of esters is 1. The van der Waals surface area contributed by atoms with Gasteiger partial charge in [-0.3, -0.25) is 14.5 Å². The van der Waals surface area contributed by atoms with Gasteiger partial charge in [-0.1, -0.05) is 12.1 Å². The Morgan fingerprint density at radius 2 is 1.85 bits per heavy atom. The molecule has 27 heavy (non-hydrogen) atoms. The summed E-state index contributed by atoms with van der Waals surface area (Å²) in [4.78, 5) is 37.2. The lowest BCUT2D eigenvalue weighted by molar-refractivity contribution is -0.137. The molecule has 1 saturated heterocycles. The van der Waals surface area contributed by atoms with Crippen LogP contribution >= 0.6 is 0 Å². The number of hydrogen-bond donors (Lipinski definition) is 2. The second-order valence-electron chi connectivity index (χ2n) is 6.42. The molecule has 146 valence electrons. The van der Waals surface area contributed by atoms with Crippen LogP contribution in [0.15, 0.2) is 30.3 Å². The van der Waals surface area contributed by atoms with Gasteiger partial charge in [-0.25, -0.2) is 4.79 Å². The molecule has 0 spiro atoms. The first-order valence-corrected chi connectivity index (χ1v) is 9.20. The minimum absolute atomic E-state index is 0.0459. The van der Waals surface area contributed by atoms with Crippen LogP contribution in [0.1, 0.15) is 25.3 Å². The number of anilines is 1. The number of nitrogens with one attached hydrogen (secondary N) is 2. The molecule has 7 heteroatoms. The molecule has 0 aliphatic carbocycles. The fourth-order valence-electron chi connectivity index (χ4n) is 2.99. The maximum Gasteiger partial charge on any atom is 0.330 e. The summed E-state index contributed by atoms with van der Waals surface area (Å²) >= 11 is 0. The Morgan fingerprint density at radius 3 is 2.44 bits per heavy atom. The van der Waals surface area contributed by atoms with Crippen molar-refractivity contribution < 1.29 is 19.1 Å². The van der Waals surface area contributed by atoms with Gasteiger partial charge < -0.3 is 15.4 Å². The third kappa shape index (κ3) is 6.86. The van der Waals surface area contributed by atoms with Crippen LogP contribution < -0.4 is 10.6 Å². The predicted molar refractivity (Wildman–Crippen MR) is 104 cm³/mol. The predicted octanol–water partition coefficient (Wildman–Crippen LogP) is 1.66. The van der Waals surface area contributed by atoms with Gasteiger partial charge in [0.1, 0.15) is 0 Å². The van der Waals surface area contributed by atoms with Crippen LogP contribution in [0.2, 0.25) is 0 Å². The molecule has 2 N–H and O–H groups in total. The van der Waals surface area contributed by atoms with Crippen LogP contribution in [0.5, 0.6) is 0 Å². The maximum absolute atomic E-state index is 12.2. The third-order valence-corrected chi connectivity index (χ3v) is 4.46. The molecule has 0 radical (unpaired) electrons. The van der Waals surface area contributed by atoms with E-state index in [0.29, 0.717) is 18.8 Å². The quantitative estimate of drug-likeness (QED) is 0.561. The van der Waals surface area contributed by atoms with Crippen LogP contribution in [0.25, 0.3) is 6.08 Å². The van der Waals surface area contributed by atoms with Crippen LogP contribution in [-0.4, -0.2) is 56.0 Å². The number of ether oxygens (including phenoxy) is 1. The summed E-state index contributed by atoms with van der Waals surface area (Å²) in [5, 5.41) is 5.55. The van der Waals surface area contributed by atoms with E-state index in [0.717, 1.165) is 31.5 Å². The molecule has 0 aromatic heterocycles. The van der Waals surface area contributed by atoms with E-state index in [9.17, 15) is 14.4 Å². The average molecular weight is 373 g/mol. The van der Waals surface area contributed by atoms with Gasteiger partial charge >= 0.3 is 5.97 Å². The van der Waals surface area contributed by atoms with E-state index in [4.69, 9.17) is 4.74 Å². The summed E-state index contributed by atoms with van der Waals surface area (Å²) in [7, 11) is 1.65. The van der Waals surface area contributed by atoms with Crippen molar-refractivity contribution in [1.82, 2.24) is 10.2 Å². The smallest absolute Gasteiger partial charge is 0.330 e. The number of carbonyl (C=O) groups excluding carboxylic acids is 3. The van der Waals surface area contributed by atoms with Crippen molar-refractivity contribution >= 4 is 29.5 Å². The lowest BCUT2D eigenvalue weighted by Crippen LogP contribution is -2.42. The first kappa shape index (κ1) is 20.6. The van der Waals surface area contributed by atoms with E-state index < -0.39 is 0 Å². The molecule has 0 unspecified atom stereocenters. The zero-order valence-electron chi connectivity index (χ0n) is 15.9. The van der Waals surface area contributed by atoms with Crippen molar-refractivity contribution in [2.45, 2.75) is 19.8 Å². The van der Waals surface area contributed by atoms with Gasteiger partial charge in [-0.2, -0.15) is 0 Å².